The summed E-state index contributed by atoms with van der Waals surface area (Å²) < 4.78 is 5.96. The number of nitrogens with zero attached hydrogens (tertiary/aromatic N) is 2. The molecular formula is C14H17BrN4O. The second-order valence-corrected chi connectivity index (χ2v) is 4.96. The zero-order valence-electron chi connectivity index (χ0n) is 11.5. The third-order valence-electron chi connectivity index (χ3n) is 2.68. The van der Waals surface area contributed by atoms with Crippen molar-refractivity contribution < 1.29 is 4.74 Å². The van der Waals surface area contributed by atoms with Gasteiger partial charge in [0.1, 0.15) is 28.2 Å². The van der Waals surface area contributed by atoms with E-state index in [4.69, 9.17) is 4.74 Å². The number of methoxy groups -OCH3 is 1. The Morgan fingerprint density at radius 2 is 1.85 bits per heavy atom. The van der Waals surface area contributed by atoms with E-state index in [-0.39, 0.29) is 0 Å². The number of hydrogen-bond acceptors (Lipinski definition) is 5. The fraction of sp³-hybridized carbons (Fsp3) is 0.286. The van der Waals surface area contributed by atoms with Crippen LogP contribution in [0.5, 0.6) is 5.75 Å². The average Bonchev–Trinajstić information content (AvgIpc) is 2.49. The summed E-state index contributed by atoms with van der Waals surface area (Å²) in [4.78, 5) is 8.46. The second kappa shape index (κ2) is 7.09. The summed E-state index contributed by atoms with van der Waals surface area (Å²) in [7, 11) is 1.65. The predicted octanol–water partition coefficient (Wildman–Crippen LogP) is 3.81. The van der Waals surface area contributed by atoms with Gasteiger partial charge in [-0.25, -0.2) is 9.97 Å². The average molecular weight is 337 g/mol. The third-order valence-corrected chi connectivity index (χ3v) is 3.44. The van der Waals surface area contributed by atoms with Crippen LogP contribution < -0.4 is 15.4 Å². The van der Waals surface area contributed by atoms with Crippen LogP contribution in [0.2, 0.25) is 0 Å². The molecule has 0 aliphatic heterocycles. The Kier molecular flexibility index (Phi) is 5.17. The lowest BCUT2D eigenvalue weighted by atomic mass is 10.3. The van der Waals surface area contributed by atoms with Gasteiger partial charge in [-0.1, -0.05) is 6.92 Å². The van der Waals surface area contributed by atoms with Crippen LogP contribution >= 0.6 is 15.9 Å². The molecule has 1 aromatic carbocycles. The molecule has 0 bridgehead atoms. The molecule has 1 aromatic heterocycles. The standard InChI is InChI=1S/C14H17BrN4O/c1-3-8-16-13-12(15)14(18-9-17-13)19-10-4-6-11(20-2)7-5-10/h4-7,9H,3,8H2,1-2H3,(H2,16,17,18,19). The first-order chi connectivity index (χ1) is 9.74. The molecule has 0 fully saturated rings. The van der Waals surface area contributed by atoms with E-state index >= 15 is 0 Å². The van der Waals surface area contributed by atoms with Crippen LogP contribution in [0.15, 0.2) is 35.1 Å². The van der Waals surface area contributed by atoms with Crippen LogP contribution in [0.4, 0.5) is 17.3 Å². The first kappa shape index (κ1) is 14.6. The molecule has 5 nitrogen and oxygen atoms in total. The van der Waals surface area contributed by atoms with E-state index in [0.29, 0.717) is 0 Å². The van der Waals surface area contributed by atoms with E-state index in [1.807, 2.05) is 24.3 Å². The molecule has 6 heteroatoms. The predicted molar refractivity (Wildman–Crippen MR) is 84.8 cm³/mol. The molecular weight excluding hydrogens is 320 g/mol. The summed E-state index contributed by atoms with van der Waals surface area (Å²) >= 11 is 3.52. The van der Waals surface area contributed by atoms with Gasteiger partial charge in [0.15, 0.2) is 0 Å². The first-order valence-electron chi connectivity index (χ1n) is 6.40. The smallest absolute Gasteiger partial charge is 0.150 e. The number of rotatable bonds is 6. The summed E-state index contributed by atoms with van der Waals surface area (Å²) in [6, 6.07) is 7.67. The Balaban J connectivity index is 2.15. The number of ether oxygens (including phenoxy) is 1. The molecule has 0 unspecified atom stereocenters. The topological polar surface area (TPSA) is 59.1 Å². The molecule has 2 N–H and O–H groups in total. The number of nitrogens with one attached hydrogen (secondary N) is 2. The van der Waals surface area contributed by atoms with Crippen LogP contribution in [0, 0.1) is 0 Å². The molecule has 0 saturated carbocycles. The van der Waals surface area contributed by atoms with E-state index in [9.17, 15) is 0 Å². The number of hydrogen-bond donors (Lipinski definition) is 2. The van der Waals surface area contributed by atoms with Gasteiger partial charge in [-0.15, -0.1) is 0 Å². The van der Waals surface area contributed by atoms with Crippen molar-refractivity contribution in [3.8, 4) is 5.75 Å². The minimum atomic E-state index is 0.726. The van der Waals surface area contributed by atoms with E-state index in [0.717, 1.165) is 40.5 Å². The van der Waals surface area contributed by atoms with Crippen LogP contribution in [-0.2, 0) is 0 Å². The minimum absolute atomic E-state index is 0.726. The van der Waals surface area contributed by atoms with Gasteiger partial charge in [0, 0.05) is 12.2 Å². The molecule has 106 valence electrons. The maximum Gasteiger partial charge on any atom is 0.150 e. The van der Waals surface area contributed by atoms with Crippen LogP contribution in [0.25, 0.3) is 0 Å². The summed E-state index contributed by atoms with van der Waals surface area (Å²) in [6.07, 6.45) is 2.58. The van der Waals surface area contributed by atoms with Crippen molar-refractivity contribution in [3.05, 3.63) is 35.1 Å². The monoisotopic (exact) mass is 336 g/mol. The maximum atomic E-state index is 5.13. The fourth-order valence-electron chi connectivity index (χ4n) is 1.63. The molecule has 0 amide bonds. The largest absolute Gasteiger partial charge is 0.497 e. The van der Waals surface area contributed by atoms with Crippen molar-refractivity contribution in [2.75, 3.05) is 24.3 Å². The highest BCUT2D eigenvalue weighted by Crippen LogP contribution is 2.29. The molecule has 0 aliphatic rings. The number of anilines is 3. The molecule has 0 radical (unpaired) electrons. The summed E-state index contributed by atoms with van der Waals surface area (Å²) in [5.41, 5.74) is 0.937. The van der Waals surface area contributed by atoms with Crippen LogP contribution in [-0.4, -0.2) is 23.6 Å². The lowest BCUT2D eigenvalue weighted by Crippen LogP contribution is -2.05. The fourth-order valence-corrected chi connectivity index (χ4v) is 2.08. The normalized spacial score (nSPS) is 10.2. The number of benzene rings is 1. The number of aromatic nitrogens is 2. The van der Waals surface area contributed by atoms with Gasteiger partial charge in [-0.2, -0.15) is 0 Å². The highest BCUT2D eigenvalue weighted by molar-refractivity contribution is 9.10. The molecule has 0 aliphatic carbocycles. The third kappa shape index (κ3) is 3.60. The molecule has 1 heterocycles. The minimum Gasteiger partial charge on any atom is -0.497 e. The number of halogens is 1. The molecule has 2 aromatic rings. The van der Waals surface area contributed by atoms with E-state index in [1.54, 1.807) is 7.11 Å². The SMILES string of the molecule is CCCNc1ncnc(Nc2ccc(OC)cc2)c1Br. The quantitative estimate of drug-likeness (QED) is 0.839. The zero-order chi connectivity index (χ0) is 14.4. The van der Waals surface area contributed by atoms with Crippen molar-refractivity contribution in [1.29, 1.82) is 0 Å². The second-order valence-electron chi connectivity index (χ2n) is 4.17. The first-order valence-corrected chi connectivity index (χ1v) is 7.19. The highest BCUT2D eigenvalue weighted by Gasteiger charge is 2.08. The summed E-state index contributed by atoms with van der Waals surface area (Å²) in [6.45, 7) is 2.98. The van der Waals surface area contributed by atoms with E-state index < -0.39 is 0 Å². The molecule has 0 spiro atoms. The Labute approximate surface area is 126 Å². The van der Waals surface area contributed by atoms with Gasteiger partial charge in [0.25, 0.3) is 0 Å². The highest BCUT2D eigenvalue weighted by atomic mass is 79.9. The maximum absolute atomic E-state index is 5.13. The van der Waals surface area contributed by atoms with Crippen LogP contribution in [0.3, 0.4) is 0 Å². The van der Waals surface area contributed by atoms with Gasteiger partial charge in [0.2, 0.25) is 0 Å². The Morgan fingerprint density at radius 3 is 2.50 bits per heavy atom. The van der Waals surface area contributed by atoms with Gasteiger partial charge in [-0.05, 0) is 46.6 Å². The summed E-state index contributed by atoms with van der Waals surface area (Å²) in [5, 5.41) is 6.50. The zero-order valence-corrected chi connectivity index (χ0v) is 13.1. The van der Waals surface area contributed by atoms with Gasteiger partial charge in [-0.3, -0.25) is 0 Å². The van der Waals surface area contributed by atoms with Gasteiger partial charge >= 0.3 is 0 Å². The van der Waals surface area contributed by atoms with Crippen molar-refractivity contribution in [2.45, 2.75) is 13.3 Å². The molecule has 0 atom stereocenters. The lowest BCUT2D eigenvalue weighted by Gasteiger charge is -2.11. The van der Waals surface area contributed by atoms with Crippen molar-refractivity contribution in [1.82, 2.24) is 9.97 Å². The van der Waals surface area contributed by atoms with E-state index in [1.165, 1.54) is 6.33 Å². The Morgan fingerprint density at radius 1 is 1.15 bits per heavy atom. The summed E-state index contributed by atoms with van der Waals surface area (Å²) in [5.74, 6) is 2.34. The molecule has 20 heavy (non-hydrogen) atoms. The van der Waals surface area contributed by atoms with Gasteiger partial charge in [0.05, 0.1) is 7.11 Å². The van der Waals surface area contributed by atoms with Crippen LogP contribution in [0.1, 0.15) is 13.3 Å². The Bertz CT molecular complexity index is 560. The van der Waals surface area contributed by atoms with Crippen molar-refractivity contribution in [2.24, 2.45) is 0 Å². The lowest BCUT2D eigenvalue weighted by molar-refractivity contribution is 0.415. The van der Waals surface area contributed by atoms with E-state index in [2.05, 4.69) is 43.5 Å². The van der Waals surface area contributed by atoms with Crippen molar-refractivity contribution >= 4 is 33.3 Å². The molecule has 2 rings (SSSR count). The molecule has 0 saturated heterocycles. The van der Waals surface area contributed by atoms with Gasteiger partial charge < -0.3 is 15.4 Å². The Hall–Kier alpha value is -1.82. The van der Waals surface area contributed by atoms with Crippen molar-refractivity contribution in [3.63, 3.8) is 0 Å².